The van der Waals surface area contributed by atoms with Crippen LogP contribution in [0.3, 0.4) is 0 Å². The molecule has 3 aliphatic heterocycles. The summed E-state index contributed by atoms with van der Waals surface area (Å²) in [6, 6.07) is 2.81. The number of aliphatic hydroxyl groups excluding tert-OH is 1. The second kappa shape index (κ2) is 50.1. The van der Waals surface area contributed by atoms with Crippen molar-refractivity contribution < 1.29 is 95.8 Å². The van der Waals surface area contributed by atoms with Crippen molar-refractivity contribution in [2.45, 2.75) is 245 Å². The van der Waals surface area contributed by atoms with Gasteiger partial charge in [0.1, 0.15) is 59.4 Å². The highest BCUT2D eigenvalue weighted by molar-refractivity contribution is 6.39. The minimum atomic E-state index is -2.46. The van der Waals surface area contributed by atoms with Crippen LogP contribution < -0.4 is 5.73 Å². The van der Waals surface area contributed by atoms with E-state index in [0.29, 0.717) is 191 Å². The number of Topliss-reactive ketones (excluding diaryl/α,β-unsaturated/α-hetero) is 4. The number of ketones is 4. The van der Waals surface area contributed by atoms with E-state index in [1.54, 1.807) is 51.9 Å². The summed E-state index contributed by atoms with van der Waals surface area (Å²) in [6.07, 6.45) is 24.6. The van der Waals surface area contributed by atoms with Gasteiger partial charge in [0.15, 0.2) is 11.4 Å². The standard InChI is InChI=1S/C89H133N11O20/c1-59-21-13-11-14-22-60(2)75(109-8)54-71-28-26-65(7)89(108,120-71)83(105)87(106)99-33-19-16-25-72(99)88(107)119-76(55-73(102)61(3)50-64(6)81(104)82(111-10)80(103)63(5)49-59)62(4)51-66-27-29-74(77(52-66)110-9)118-36-20-17-23-69-57-98(97-95-69)35-38-113-40-42-115-44-46-117-48-47-116-45-43-114-41-39-112-37-31-70(101)24-15-12-18-34-100-86-78(84(90)93-58-94-86)79(96-100)68-53-67-30-32-91-85(67)92-56-68/h11,13-14,21-22,30,32,50,53,56-59,61-63,65-66,71-72,74-77,81-82,104,108H,12,15-20,23-29,31,33-49,51-52,54-55H2,1-10H3,(H,91,92)(H2,90,93,94)/b14-11+,21-13+,60-22+,64-50+/t59-,61-,62-,63-,65-,66+,71+,72+,74-,75+,76+,77-,81-,82+,89-/m1/s1. The maximum absolute atomic E-state index is 14.8. The van der Waals surface area contributed by atoms with Crippen LogP contribution in [0.25, 0.3) is 33.3 Å². The molecule has 5 N–H and O–H groups in total. The van der Waals surface area contributed by atoms with Crippen LogP contribution in [-0.2, 0) is 105 Å². The first-order valence-corrected chi connectivity index (χ1v) is 43.4. The van der Waals surface area contributed by atoms with Crippen LogP contribution in [0.5, 0.6) is 0 Å². The van der Waals surface area contributed by atoms with Gasteiger partial charge in [-0.25, -0.2) is 29.1 Å². The Labute approximate surface area is 706 Å². The number of carbonyl (C=O) groups is 6. The molecule has 0 unspecified atom stereocenters. The predicted octanol–water partition coefficient (Wildman–Crippen LogP) is 10.4. The summed E-state index contributed by atoms with van der Waals surface area (Å²) < 4.78 is 74.4. The minimum absolute atomic E-state index is 0.00346. The number of aromatic amines is 1. The van der Waals surface area contributed by atoms with Gasteiger partial charge in [0.05, 0.1) is 121 Å². The molecule has 15 atom stereocenters. The molecule has 120 heavy (non-hydrogen) atoms. The van der Waals surface area contributed by atoms with Crippen molar-refractivity contribution in [3.63, 3.8) is 0 Å². The largest absolute Gasteiger partial charge is 0.460 e. The number of nitrogens with zero attached hydrogens (tertiary/aromatic N) is 9. The zero-order valence-corrected chi connectivity index (χ0v) is 72.3. The average Bonchev–Trinajstić information content (AvgIpc) is 1.74. The number of piperidine rings is 1. The number of pyridine rings is 1. The number of aromatic nitrogens is 9. The maximum Gasteiger partial charge on any atom is 0.329 e. The Morgan fingerprint density at radius 2 is 1.47 bits per heavy atom. The molecule has 5 aromatic rings. The second-order valence-electron chi connectivity index (χ2n) is 32.8. The summed E-state index contributed by atoms with van der Waals surface area (Å²) in [6.45, 7) is 19.6. The van der Waals surface area contributed by atoms with E-state index in [2.05, 4.69) is 30.2 Å². The number of cyclic esters (lactones) is 1. The van der Waals surface area contributed by atoms with Crippen molar-refractivity contribution in [3.05, 3.63) is 90.3 Å². The topological polar surface area (TPSA) is 386 Å². The molecule has 2 bridgehead atoms. The Morgan fingerprint density at radius 3 is 2.18 bits per heavy atom. The molecular weight excluding hydrogens is 1540 g/mol. The molecule has 1 aliphatic carbocycles. The zero-order valence-electron chi connectivity index (χ0n) is 72.3. The number of hydrogen-bond acceptors (Lipinski definition) is 27. The molecule has 3 fully saturated rings. The third-order valence-corrected chi connectivity index (χ3v) is 23.6. The Hall–Kier alpha value is -7.76. The number of unbranched alkanes of at least 4 members (excludes halogenated alkanes) is 3. The van der Waals surface area contributed by atoms with E-state index < -0.39 is 77.8 Å². The highest BCUT2D eigenvalue weighted by atomic mass is 16.6. The van der Waals surface area contributed by atoms with Gasteiger partial charge in [-0.3, -0.25) is 24.0 Å². The van der Waals surface area contributed by atoms with Gasteiger partial charge in [-0.2, -0.15) is 5.10 Å². The van der Waals surface area contributed by atoms with Crippen LogP contribution in [0, 0.1) is 35.5 Å². The molecule has 664 valence electrons. The summed E-state index contributed by atoms with van der Waals surface area (Å²) in [5.74, 6) is -7.62. The zero-order chi connectivity index (χ0) is 85.9. The molecule has 31 heteroatoms. The fourth-order valence-electron chi connectivity index (χ4n) is 16.4. The van der Waals surface area contributed by atoms with Gasteiger partial charge in [-0.15, -0.1) is 5.10 Å². The molecular formula is C89H133N11O20. The number of nitrogens with two attached hydrogens (primary N) is 1. The van der Waals surface area contributed by atoms with Gasteiger partial charge < -0.3 is 82.7 Å². The third kappa shape index (κ3) is 28.9. The van der Waals surface area contributed by atoms with Crippen molar-refractivity contribution in [1.82, 2.24) is 49.6 Å². The Bertz CT molecular complexity index is 4140. The summed E-state index contributed by atoms with van der Waals surface area (Å²) in [5.41, 5.74) is 11.4. The molecule has 5 aromatic heterocycles. The molecule has 2 saturated heterocycles. The van der Waals surface area contributed by atoms with Crippen LogP contribution in [0.15, 0.2) is 84.7 Å². The summed E-state index contributed by atoms with van der Waals surface area (Å²) in [5, 5.41) is 39.0. The lowest BCUT2D eigenvalue weighted by molar-refractivity contribution is -0.265. The van der Waals surface area contributed by atoms with E-state index in [1.165, 1.54) is 18.3 Å². The Balaban J connectivity index is 0.621. The third-order valence-electron chi connectivity index (χ3n) is 23.6. The number of allylic oxidation sites excluding steroid dienone is 6. The first kappa shape index (κ1) is 96.1. The lowest BCUT2D eigenvalue weighted by Gasteiger charge is -2.42. The number of H-pyrrole nitrogens is 1. The van der Waals surface area contributed by atoms with E-state index in [0.717, 1.165) is 79.2 Å². The molecule has 1 amide bonds. The van der Waals surface area contributed by atoms with E-state index in [-0.39, 0.29) is 66.7 Å². The van der Waals surface area contributed by atoms with Crippen LogP contribution in [0.2, 0.25) is 0 Å². The summed E-state index contributed by atoms with van der Waals surface area (Å²) in [7, 11) is 4.65. The van der Waals surface area contributed by atoms with Gasteiger partial charge in [0.25, 0.3) is 11.7 Å². The van der Waals surface area contributed by atoms with Gasteiger partial charge in [-0.1, -0.05) is 82.7 Å². The van der Waals surface area contributed by atoms with Gasteiger partial charge in [0.2, 0.25) is 5.79 Å². The number of aliphatic hydroxyl groups is 2. The van der Waals surface area contributed by atoms with E-state index in [9.17, 15) is 39.0 Å². The van der Waals surface area contributed by atoms with Crippen LogP contribution in [0.4, 0.5) is 5.82 Å². The molecule has 8 heterocycles. The van der Waals surface area contributed by atoms with Crippen molar-refractivity contribution >= 4 is 62.9 Å². The summed E-state index contributed by atoms with van der Waals surface area (Å²) >= 11 is 0. The number of anilines is 1. The summed E-state index contributed by atoms with van der Waals surface area (Å²) in [4.78, 5) is 102. The van der Waals surface area contributed by atoms with Crippen LogP contribution >= 0.6 is 0 Å². The number of carbonyl (C=O) groups excluding carboxylic acids is 6. The van der Waals surface area contributed by atoms with Crippen molar-refractivity contribution in [2.24, 2.45) is 35.5 Å². The number of nitrogens with one attached hydrogen (secondary N) is 1. The first-order valence-electron chi connectivity index (χ1n) is 43.4. The first-order chi connectivity index (χ1) is 58.0. The lowest BCUT2D eigenvalue weighted by atomic mass is 9.78. The number of hydrogen-bond donors (Lipinski definition) is 4. The molecule has 31 nitrogen and oxygen atoms in total. The number of ether oxygens (including phenoxy) is 12. The SMILES string of the molecule is CO[C@H]1C[C@@H]2CC[C@@H](C)[C@@](O)(O2)C(=O)C(=O)N2CCCC[C@H]2C(=O)O[C@H]([C@H](C)C[C@@H]2CC[C@@H](OCCCCc3cn(CCOCCOCCOCCOCCOCCOCCC(=O)CCCCCn4nc(-c5cnc6[nH]ccc6c5)c5c(N)ncnc54)nn3)[C@H](OC)C2)CC(=O)[C@H](C)/C=C(\C)[C@@H](O)[C@@H](OC)C(=O)[C@H](C)C[C@H](C)/C=C/C=C/C=C/1C. The number of esters is 1. The molecule has 0 spiro atoms. The molecule has 1 saturated carbocycles. The highest BCUT2D eigenvalue weighted by Gasteiger charge is 2.53. The van der Waals surface area contributed by atoms with Crippen LogP contribution in [0.1, 0.15) is 176 Å². The van der Waals surface area contributed by atoms with Gasteiger partial charge >= 0.3 is 5.97 Å². The number of aryl methyl sites for hydroxylation is 2. The maximum atomic E-state index is 14.8. The molecule has 9 rings (SSSR count). The normalized spacial score (nSPS) is 27.4. The number of methoxy groups -OCH3 is 3. The number of amides is 1. The minimum Gasteiger partial charge on any atom is -0.460 e. The van der Waals surface area contributed by atoms with Crippen molar-refractivity contribution in [3.8, 4) is 11.3 Å². The Morgan fingerprint density at radius 1 is 0.742 bits per heavy atom. The lowest BCUT2D eigenvalue weighted by Crippen LogP contribution is -2.61. The fourth-order valence-corrected chi connectivity index (χ4v) is 16.4. The smallest absolute Gasteiger partial charge is 0.329 e. The fraction of sp³-hybridized carbons (Fsp3) is 0.685. The Kier molecular flexibility index (Phi) is 40.1. The molecule has 4 aliphatic rings. The highest BCUT2D eigenvalue weighted by Crippen LogP contribution is 2.39. The average molecular weight is 1680 g/mol. The van der Waals surface area contributed by atoms with E-state index >= 15 is 0 Å². The van der Waals surface area contributed by atoms with Crippen molar-refractivity contribution in [1.29, 1.82) is 0 Å². The number of fused-ring (bicyclic) bond motifs is 5. The van der Waals surface area contributed by atoms with Crippen LogP contribution in [-0.4, -0.2) is 263 Å². The van der Waals surface area contributed by atoms with E-state index in [1.807, 2.05) is 87.3 Å². The van der Waals surface area contributed by atoms with Crippen molar-refractivity contribution in [2.75, 3.05) is 119 Å². The van der Waals surface area contributed by atoms with Gasteiger partial charge in [0, 0.05) is 114 Å². The molecule has 0 aromatic carbocycles. The number of rotatable bonds is 40. The monoisotopic (exact) mass is 1680 g/mol. The molecule has 0 radical (unpaired) electrons. The van der Waals surface area contributed by atoms with E-state index in [4.69, 9.17) is 67.7 Å². The van der Waals surface area contributed by atoms with Gasteiger partial charge in [-0.05, 0) is 151 Å². The predicted molar refractivity (Wildman–Crippen MR) is 450 cm³/mol. The number of nitrogen functional groups attached to an aromatic ring is 1. The quantitative estimate of drug-likeness (QED) is 0.0122. The second-order valence-corrected chi connectivity index (χ2v) is 32.8.